The molecule has 0 radical (unpaired) electrons. The van der Waals surface area contributed by atoms with Crippen molar-refractivity contribution in [3.8, 4) is 0 Å². The fourth-order valence-corrected chi connectivity index (χ4v) is 2.02. The van der Waals surface area contributed by atoms with Crippen LogP contribution >= 0.6 is 0 Å². The molecule has 2 aliphatic rings. The maximum absolute atomic E-state index is 10.2. The molecule has 0 heterocycles. The van der Waals surface area contributed by atoms with E-state index in [9.17, 15) is 19.8 Å². The van der Waals surface area contributed by atoms with Crippen molar-refractivity contribution in [2.45, 2.75) is 38.5 Å². The quantitative estimate of drug-likeness (QED) is 0.521. The van der Waals surface area contributed by atoms with Gasteiger partial charge in [-0.25, -0.2) is 0 Å². The van der Waals surface area contributed by atoms with E-state index in [0.29, 0.717) is 0 Å². The Bertz CT molecular complexity index is 315. The smallest absolute Gasteiger partial charge is 0.550 e. The van der Waals surface area contributed by atoms with Crippen LogP contribution in [0.1, 0.15) is 38.5 Å². The molecule has 0 saturated heterocycles. The average Bonchev–Trinajstić information content (AvgIpc) is 2.41. The Morgan fingerprint density at radius 3 is 1.37 bits per heavy atom. The molecule has 0 amide bonds. The van der Waals surface area contributed by atoms with Crippen molar-refractivity contribution in [2.24, 2.45) is 11.8 Å². The molecule has 0 aromatic rings. The molecular weight excluding hydrogens is 272 g/mol. The van der Waals surface area contributed by atoms with Gasteiger partial charge in [0.1, 0.15) is 0 Å². The molecule has 0 aromatic carbocycles. The SMILES string of the molecule is O=C([O-])C1C=CCCC1.O=C([O-])C1C=CCCC1.[Ca+2]. The molecule has 100 valence electrons. The van der Waals surface area contributed by atoms with Crippen LogP contribution in [-0.2, 0) is 9.59 Å². The molecule has 0 aromatic heterocycles. The van der Waals surface area contributed by atoms with Crippen LogP contribution in [0.25, 0.3) is 0 Å². The van der Waals surface area contributed by atoms with Gasteiger partial charge >= 0.3 is 37.7 Å². The van der Waals surface area contributed by atoms with Crippen LogP contribution in [0.4, 0.5) is 0 Å². The number of carboxylic acids is 2. The van der Waals surface area contributed by atoms with Gasteiger partial charge in [0.2, 0.25) is 0 Å². The van der Waals surface area contributed by atoms with E-state index in [0.717, 1.165) is 38.5 Å². The Hall–Kier alpha value is -0.320. The number of rotatable bonds is 2. The Morgan fingerprint density at radius 2 is 1.21 bits per heavy atom. The summed E-state index contributed by atoms with van der Waals surface area (Å²) in [4.78, 5) is 20.4. The van der Waals surface area contributed by atoms with Gasteiger partial charge in [-0.3, -0.25) is 0 Å². The van der Waals surface area contributed by atoms with E-state index in [4.69, 9.17) is 0 Å². The standard InChI is InChI=1S/2C7H10O2.Ca/c2*8-7(9)6-4-2-1-3-5-6;/h2*2,4,6H,1,3,5H2,(H,8,9);/q;;+2/p-2. The van der Waals surface area contributed by atoms with E-state index >= 15 is 0 Å². The molecule has 19 heavy (non-hydrogen) atoms. The zero-order valence-corrected chi connectivity index (χ0v) is 13.3. The first-order chi connectivity index (χ1) is 8.61. The van der Waals surface area contributed by atoms with E-state index in [1.54, 1.807) is 12.2 Å². The topological polar surface area (TPSA) is 80.3 Å². The summed E-state index contributed by atoms with van der Waals surface area (Å²) < 4.78 is 0. The molecular formula is C14H18CaO4. The van der Waals surface area contributed by atoms with Gasteiger partial charge in [0.25, 0.3) is 0 Å². The summed E-state index contributed by atoms with van der Waals surface area (Å²) in [6.45, 7) is 0. The summed E-state index contributed by atoms with van der Waals surface area (Å²) in [6, 6.07) is 0. The number of allylic oxidation sites excluding steroid dienone is 2. The van der Waals surface area contributed by atoms with Gasteiger partial charge in [-0.2, -0.15) is 0 Å². The van der Waals surface area contributed by atoms with Crippen molar-refractivity contribution in [3.63, 3.8) is 0 Å². The van der Waals surface area contributed by atoms with Crippen LogP contribution in [0.15, 0.2) is 24.3 Å². The second-order valence-electron chi connectivity index (χ2n) is 4.57. The van der Waals surface area contributed by atoms with Crippen LogP contribution in [-0.4, -0.2) is 49.7 Å². The zero-order valence-electron chi connectivity index (χ0n) is 11.0. The first-order valence-corrected chi connectivity index (χ1v) is 6.36. The maximum atomic E-state index is 10.2. The summed E-state index contributed by atoms with van der Waals surface area (Å²) in [7, 11) is 0. The summed E-state index contributed by atoms with van der Waals surface area (Å²) in [6.07, 6.45) is 12.8. The summed E-state index contributed by atoms with van der Waals surface area (Å²) in [5.74, 6) is -2.52. The van der Waals surface area contributed by atoms with Crippen molar-refractivity contribution in [1.82, 2.24) is 0 Å². The molecule has 0 spiro atoms. The zero-order chi connectivity index (χ0) is 13.4. The number of hydrogen-bond acceptors (Lipinski definition) is 4. The Labute approximate surface area is 143 Å². The van der Waals surface area contributed by atoms with Gasteiger partial charge in [0, 0.05) is 23.8 Å². The van der Waals surface area contributed by atoms with Crippen molar-refractivity contribution in [3.05, 3.63) is 24.3 Å². The fraction of sp³-hybridized carbons (Fsp3) is 0.571. The summed E-state index contributed by atoms with van der Waals surface area (Å²) in [5.41, 5.74) is 0. The van der Waals surface area contributed by atoms with E-state index in [1.165, 1.54) is 0 Å². The first kappa shape index (κ1) is 18.7. The van der Waals surface area contributed by atoms with Gasteiger partial charge in [-0.05, 0) is 38.5 Å². The number of hydrogen-bond donors (Lipinski definition) is 0. The van der Waals surface area contributed by atoms with Crippen LogP contribution in [0, 0.1) is 11.8 Å². The monoisotopic (exact) mass is 290 g/mol. The third-order valence-electron chi connectivity index (χ3n) is 3.11. The minimum absolute atomic E-state index is 0. The van der Waals surface area contributed by atoms with Gasteiger partial charge in [0.05, 0.1) is 0 Å². The van der Waals surface area contributed by atoms with Crippen molar-refractivity contribution in [1.29, 1.82) is 0 Å². The molecule has 2 aliphatic carbocycles. The van der Waals surface area contributed by atoms with Crippen molar-refractivity contribution < 1.29 is 19.8 Å². The number of carbonyl (C=O) groups is 2. The first-order valence-electron chi connectivity index (χ1n) is 6.36. The van der Waals surface area contributed by atoms with E-state index < -0.39 is 11.9 Å². The molecule has 0 saturated carbocycles. The Kier molecular flexibility index (Phi) is 10.3. The normalized spacial score (nSPS) is 24.6. The Morgan fingerprint density at radius 1 is 0.842 bits per heavy atom. The summed E-state index contributed by atoms with van der Waals surface area (Å²) >= 11 is 0. The third-order valence-corrected chi connectivity index (χ3v) is 3.11. The third kappa shape index (κ3) is 7.75. The fourth-order valence-electron chi connectivity index (χ4n) is 2.02. The molecule has 4 nitrogen and oxygen atoms in total. The molecule has 0 fully saturated rings. The van der Waals surface area contributed by atoms with E-state index in [1.807, 2.05) is 12.2 Å². The Balaban J connectivity index is 0.000000324. The second kappa shape index (κ2) is 10.5. The largest absolute Gasteiger partial charge is 2.00 e. The van der Waals surface area contributed by atoms with Gasteiger partial charge < -0.3 is 19.8 Å². The molecule has 0 aliphatic heterocycles. The van der Waals surface area contributed by atoms with Crippen LogP contribution < -0.4 is 10.2 Å². The average molecular weight is 290 g/mol. The molecule has 2 atom stereocenters. The van der Waals surface area contributed by atoms with Crippen molar-refractivity contribution in [2.75, 3.05) is 0 Å². The predicted octanol–water partition coefficient (Wildman–Crippen LogP) is -0.196. The minimum Gasteiger partial charge on any atom is -0.550 e. The molecule has 0 bridgehead atoms. The van der Waals surface area contributed by atoms with Crippen LogP contribution in [0.3, 0.4) is 0 Å². The number of aliphatic carboxylic acids is 2. The molecule has 5 heteroatoms. The molecule has 2 rings (SSSR count). The van der Waals surface area contributed by atoms with Gasteiger partial charge in [-0.15, -0.1) is 0 Å². The molecule has 0 N–H and O–H groups in total. The van der Waals surface area contributed by atoms with Gasteiger partial charge in [0.15, 0.2) is 0 Å². The van der Waals surface area contributed by atoms with Gasteiger partial charge in [-0.1, -0.05) is 24.3 Å². The van der Waals surface area contributed by atoms with Crippen molar-refractivity contribution >= 4 is 49.7 Å². The predicted molar refractivity (Wildman–Crippen MR) is 68.7 cm³/mol. The number of carboxylic acid groups (broad SMARTS) is 2. The summed E-state index contributed by atoms with van der Waals surface area (Å²) in [5, 5.41) is 20.4. The van der Waals surface area contributed by atoms with E-state index in [-0.39, 0.29) is 49.6 Å². The number of carbonyl (C=O) groups excluding carboxylic acids is 2. The van der Waals surface area contributed by atoms with E-state index in [2.05, 4.69) is 0 Å². The van der Waals surface area contributed by atoms with Crippen LogP contribution in [0.2, 0.25) is 0 Å². The second-order valence-corrected chi connectivity index (χ2v) is 4.57. The maximum Gasteiger partial charge on any atom is 2.00 e. The minimum atomic E-state index is -0.939. The molecule has 2 unspecified atom stereocenters. The van der Waals surface area contributed by atoms with Crippen LogP contribution in [0.5, 0.6) is 0 Å².